The molecule has 7 nitrogen and oxygen atoms in total. The van der Waals surface area contributed by atoms with Crippen LogP contribution in [0.5, 0.6) is 0 Å². The fourth-order valence-corrected chi connectivity index (χ4v) is 5.74. The third-order valence-corrected chi connectivity index (χ3v) is 7.32. The fourth-order valence-electron chi connectivity index (χ4n) is 5.74. The number of amides is 3. The minimum atomic E-state index is -0.297. The summed E-state index contributed by atoms with van der Waals surface area (Å²) in [5.41, 5.74) is 0.675. The van der Waals surface area contributed by atoms with Crippen molar-refractivity contribution in [3.8, 4) is 0 Å². The number of carbonyl (C=O) groups excluding carboxylic acids is 3. The summed E-state index contributed by atoms with van der Waals surface area (Å²) in [5, 5.41) is 0. The molecule has 1 aromatic rings. The van der Waals surface area contributed by atoms with Crippen LogP contribution in [0.2, 0.25) is 0 Å². The molecular formula is C23H29N3O4. The van der Waals surface area contributed by atoms with E-state index in [1.807, 2.05) is 30.3 Å². The van der Waals surface area contributed by atoms with Gasteiger partial charge in [0.1, 0.15) is 6.10 Å². The molecule has 3 saturated heterocycles. The second kappa shape index (κ2) is 7.93. The van der Waals surface area contributed by atoms with Gasteiger partial charge in [0.2, 0.25) is 5.91 Å². The Morgan fingerprint density at radius 3 is 2.40 bits per heavy atom. The molecule has 2 bridgehead atoms. The van der Waals surface area contributed by atoms with Crippen LogP contribution < -0.4 is 0 Å². The van der Waals surface area contributed by atoms with Crippen LogP contribution in [0, 0.1) is 11.8 Å². The molecule has 3 amide bonds. The van der Waals surface area contributed by atoms with Gasteiger partial charge in [0.15, 0.2) is 0 Å². The Morgan fingerprint density at radius 2 is 1.63 bits per heavy atom. The lowest BCUT2D eigenvalue weighted by atomic mass is 9.84. The van der Waals surface area contributed by atoms with Gasteiger partial charge >= 0.3 is 6.09 Å². The van der Waals surface area contributed by atoms with Gasteiger partial charge in [0.25, 0.3) is 5.91 Å². The highest BCUT2D eigenvalue weighted by atomic mass is 16.6. The molecule has 1 aromatic carbocycles. The maximum absolute atomic E-state index is 12.8. The normalized spacial score (nSPS) is 30.8. The first-order valence-corrected chi connectivity index (χ1v) is 11.2. The molecule has 0 aromatic heterocycles. The lowest BCUT2D eigenvalue weighted by molar-refractivity contribution is -0.143. The minimum absolute atomic E-state index is 0.00381. The lowest BCUT2D eigenvalue weighted by Crippen LogP contribution is -2.53. The highest BCUT2D eigenvalue weighted by molar-refractivity contribution is 5.94. The number of fused-ring (bicyclic) bond motifs is 4. The zero-order valence-corrected chi connectivity index (χ0v) is 17.2. The van der Waals surface area contributed by atoms with E-state index in [0.29, 0.717) is 38.2 Å². The van der Waals surface area contributed by atoms with Crippen molar-refractivity contribution >= 4 is 17.9 Å². The summed E-state index contributed by atoms with van der Waals surface area (Å²) < 4.78 is 5.95. The van der Waals surface area contributed by atoms with Crippen LogP contribution in [0.15, 0.2) is 30.3 Å². The van der Waals surface area contributed by atoms with E-state index < -0.39 is 0 Å². The number of carbonyl (C=O) groups is 3. The Morgan fingerprint density at radius 1 is 0.900 bits per heavy atom. The number of ether oxygens (including phenoxy) is 1. The van der Waals surface area contributed by atoms with E-state index in [1.54, 1.807) is 9.80 Å². The number of hydrogen-bond donors (Lipinski definition) is 0. The van der Waals surface area contributed by atoms with Gasteiger partial charge in [-0.2, -0.15) is 0 Å². The predicted molar refractivity (Wildman–Crippen MR) is 110 cm³/mol. The van der Waals surface area contributed by atoms with E-state index in [9.17, 15) is 14.4 Å². The number of piperazine rings is 1. The van der Waals surface area contributed by atoms with Gasteiger partial charge in [-0.25, -0.2) is 4.79 Å². The zero-order valence-electron chi connectivity index (χ0n) is 17.2. The van der Waals surface area contributed by atoms with Gasteiger partial charge < -0.3 is 19.4 Å². The Kier molecular flexibility index (Phi) is 5.13. The van der Waals surface area contributed by atoms with E-state index in [1.165, 1.54) is 0 Å². The SMILES string of the molecule is O=C(OC1CC2CC1[C@H]1CCCCN1C2=O)N1CCN(C(=O)c2ccccc2)CC1. The standard InChI is InChI=1S/C23H29N3O4/c27-21(16-6-2-1-3-7-16)24-10-12-25(13-11-24)23(29)30-20-15-17-14-18(20)19-8-4-5-9-26(19)22(17)28/h1-3,6-7,17-20H,4-5,8-15H2/t17?,18?,19-,20?/m1/s1. The van der Waals surface area contributed by atoms with Gasteiger partial charge in [0.05, 0.1) is 0 Å². The minimum Gasteiger partial charge on any atom is -0.446 e. The van der Waals surface area contributed by atoms with Crippen LogP contribution in [0.1, 0.15) is 42.5 Å². The highest BCUT2D eigenvalue weighted by Gasteiger charge is 2.52. The van der Waals surface area contributed by atoms with Gasteiger partial charge in [0, 0.05) is 56.2 Å². The number of rotatable bonds is 2. The predicted octanol–water partition coefficient (Wildman–Crippen LogP) is 2.37. The first kappa shape index (κ1) is 19.4. The van der Waals surface area contributed by atoms with Crippen molar-refractivity contribution in [2.75, 3.05) is 32.7 Å². The largest absolute Gasteiger partial charge is 0.446 e. The van der Waals surface area contributed by atoms with Crippen molar-refractivity contribution in [3.63, 3.8) is 0 Å². The molecule has 3 aliphatic heterocycles. The zero-order chi connectivity index (χ0) is 20.7. The second-order valence-electron chi connectivity index (χ2n) is 8.99. The van der Waals surface area contributed by atoms with Crippen LogP contribution in [0.4, 0.5) is 4.79 Å². The van der Waals surface area contributed by atoms with Crippen LogP contribution in [0.25, 0.3) is 0 Å². The molecule has 0 radical (unpaired) electrons. The van der Waals surface area contributed by atoms with Crippen LogP contribution >= 0.6 is 0 Å². The van der Waals surface area contributed by atoms with Gasteiger partial charge in [-0.3, -0.25) is 9.59 Å². The average molecular weight is 412 g/mol. The quantitative estimate of drug-likeness (QED) is 0.749. The first-order valence-electron chi connectivity index (χ1n) is 11.2. The van der Waals surface area contributed by atoms with Gasteiger partial charge in [-0.05, 0) is 44.2 Å². The van der Waals surface area contributed by atoms with Crippen molar-refractivity contribution in [1.82, 2.24) is 14.7 Å². The Hall–Kier alpha value is -2.57. The van der Waals surface area contributed by atoms with Crippen molar-refractivity contribution in [3.05, 3.63) is 35.9 Å². The topological polar surface area (TPSA) is 70.2 Å². The van der Waals surface area contributed by atoms with E-state index in [2.05, 4.69) is 4.90 Å². The molecule has 30 heavy (non-hydrogen) atoms. The maximum atomic E-state index is 12.8. The molecule has 5 rings (SSSR count). The third-order valence-electron chi connectivity index (χ3n) is 7.32. The molecule has 0 spiro atoms. The number of nitrogens with zero attached hydrogens (tertiary/aromatic N) is 3. The van der Waals surface area contributed by atoms with Gasteiger partial charge in [-0.15, -0.1) is 0 Å². The molecule has 4 atom stereocenters. The number of piperidine rings is 2. The van der Waals surface area contributed by atoms with E-state index in [4.69, 9.17) is 4.74 Å². The van der Waals surface area contributed by atoms with Crippen LogP contribution in [-0.4, -0.2) is 77.5 Å². The molecule has 7 heteroatoms. The Labute approximate surface area is 176 Å². The third kappa shape index (κ3) is 3.44. The van der Waals surface area contributed by atoms with Gasteiger partial charge in [-0.1, -0.05) is 18.2 Å². The monoisotopic (exact) mass is 411 g/mol. The summed E-state index contributed by atoms with van der Waals surface area (Å²) in [7, 11) is 0. The Balaban J connectivity index is 1.17. The fraction of sp³-hybridized carbons (Fsp3) is 0.609. The summed E-state index contributed by atoms with van der Waals surface area (Å²) in [6.45, 7) is 2.83. The summed E-state index contributed by atoms with van der Waals surface area (Å²) in [4.78, 5) is 43.7. The molecular weight excluding hydrogens is 382 g/mol. The number of hydrogen-bond acceptors (Lipinski definition) is 4. The summed E-state index contributed by atoms with van der Waals surface area (Å²) in [5.74, 6) is 0.562. The molecule has 4 aliphatic rings. The molecule has 4 fully saturated rings. The summed E-state index contributed by atoms with van der Waals surface area (Å²) in [6, 6.07) is 9.48. The highest BCUT2D eigenvalue weighted by Crippen LogP contribution is 2.45. The second-order valence-corrected chi connectivity index (χ2v) is 8.99. The van der Waals surface area contributed by atoms with Crippen LogP contribution in [0.3, 0.4) is 0 Å². The summed E-state index contributed by atoms with van der Waals surface area (Å²) in [6.07, 6.45) is 4.31. The smallest absolute Gasteiger partial charge is 0.410 e. The first-order chi connectivity index (χ1) is 14.6. The molecule has 3 unspecified atom stereocenters. The molecule has 0 N–H and O–H groups in total. The van der Waals surface area contributed by atoms with Crippen molar-refractivity contribution < 1.29 is 19.1 Å². The molecule has 3 heterocycles. The molecule has 1 aliphatic carbocycles. The van der Waals surface area contributed by atoms with Crippen molar-refractivity contribution in [1.29, 1.82) is 0 Å². The average Bonchev–Trinajstić information content (AvgIpc) is 3.18. The van der Waals surface area contributed by atoms with E-state index in [-0.39, 0.29) is 41.9 Å². The lowest BCUT2D eigenvalue weighted by Gasteiger charge is -2.44. The van der Waals surface area contributed by atoms with Crippen LogP contribution in [-0.2, 0) is 9.53 Å². The van der Waals surface area contributed by atoms with Crippen molar-refractivity contribution in [2.45, 2.75) is 44.2 Å². The Bertz CT molecular complexity index is 821. The van der Waals surface area contributed by atoms with E-state index >= 15 is 0 Å². The molecule has 160 valence electrons. The number of benzene rings is 1. The summed E-state index contributed by atoms with van der Waals surface area (Å²) >= 11 is 0. The van der Waals surface area contributed by atoms with Crippen molar-refractivity contribution in [2.24, 2.45) is 11.8 Å². The van der Waals surface area contributed by atoms with E-state index in [0.717, 1.165) is 32.2 Å². The maximum Gasteiger partial charge on any atom is 0.410 e. The molecule has 1 saturated carbocycles.